The van der Waals surface area contributed by atoms with Gasteiger partial charge < -0.3 is 14.8 Å². The first-order valence-electron chi connectivity index (χ1n) is 9.61. The zero-order valence-corrected chi connectivity index (χ0v) is 15.7. The largest absolute Gasteiger partial charge is 0.345 e. The van der Waals surface area contributed by atoms with Crippen LogP contribution in [0.5, 0.6) is 0 Å². The van der Waals surface area contributed by atoms with E-state index in [-0.39, 0.29) is 17.7 Å². The molecule has 2 aromatic rings. The number of aromatic amines is 1. The highest BCUT2D eigenvalue weighted by Crippen LogP contribution is 2.16. The molecule has 1 aromatic heterocycles. The lowest BCUT2D eigenvalue weighted by Crippen LogP contribution is -2.40. The molecule has 0 bridgehead atoms. The van der Waals surface area contributed by atoms with Crippen molar-refractivity contribution in [2.75, 3.05) is 26.2 Å². The molecule has 2 amide bonds. The summed E-state index contributed by atoms with van der Waals surface area (Å²) in [7, 11) is 0. The van der Waals surface area contributed by atoms with E-state index in [0.29, 0.717) is 19.5 Å². The third kappa shape index (κ3) is 4.06. The zero-order chi connectivity index (χ0) is 18.5. The van der Waals surface area contributed by atoms with Gasteiger partial charge in [0, 0.05) is 32.1 Å². The quantitative estimate of drug-likeness (QED) is 0.895. The standard InChI is InChI=1S/C20H28N4O2/c1-3-16(4-2)20(26)24-9-5-8-23(10-11-24)19(25)13-15-6-7-17-18(12-15)22-14-21-17/h6-7,12,14,16H,3-5,8-11,13H2,1-2H3,(H,21,22). The van der Waals surface area contributed by atoms with Crippen molar-refractivity contribution in [2.45, 2.75) is 39.5 Å². The molecule has 0 atom stereocenters. The Hall–Kier alpha value is -2.37. The first kappa shape index (κ1) is 18.4. The van der Waals surface area contributed by atoms with Crippen LogP contribution >= 0.6 is 0 Å². The number of carbonyl (C=O) groups excluding carboxylic acids is 2. The number of imidazole rings is 1. The van der Waals surface area contributed by atoms with Gasteiger partial charge in [-0.15, -0.1) is 0 Å². The third-order valence-corrected chi connectivity index (χ3v) is 5.34. The SMILES string of the molecule is CCC(CC)C(=O)N1CCCN(C(=O)Cc2ccc3nc[nH]c3c2)CC1. The van der Waals surface area contributed by atoms with E-state index in [1.807, 2.05) is 28.0 Å². The van der Waals surface area contributed by atoms with E-state index in [0.717, 1.165) is 48.9 Å². The van der Waals surface area contributed by atoms with Crippen LogP contribution in [0.1, 0.15) is 38.7 Å². The number of rotatable bonds is 5. The Bertz CT molecular complexity index is 766. The first-order valence-corrected chi connectivity index (χ1v) is 9.61. The van der Waals surface area contributed by atoms with E-state index < -0.39 is 0 Å². The molecule has 1 saturated heterocycles. The lowest BCUT2D eigenvalue weighted by molar-refractivity contribution is -0.136. The predicted molar refractivity (Wildman–Crippen MR) is 102 cm³/mol. The molecule has 3 rings (SSSR count). The number of nitrogens with zero attached hydrogens (tertiary/aromatic N) is 3. The summed E-state index contributed by atoms with van der Waals surface area (Å²) in [4.78, 5) is 36.4. The topological polar surface area (TPSA) is 69.3 Å². The van der Waals surface area contributed by atoms with Crippen LogP contribution in [0.3, 0.4) is 0 Å². The predicted octanol–water partition coefficient (Wildman–Crippen LogP) is 2.60. The minimum absolute atomic E-state index is 0.110. The molecule has 2 heterocycles. The summed E-state index contributed by atoms with van der Waals surface area (Å²) in [5.74, 6) is 0.480. The average Bonchev–Trinajstić information content (AvgIpc) is 2.96. The van der Waals surface area contributed by atoms with Gasteiger partial charge in [-0.3, -0.25) is 9.59 Å². The van der Waals surface area contributed by atoms with Gasteiger partial charge in [0.25, 0.3) is 0 Å². The van der Waals surface area contributed by atoms with Gasteiger partial charge in [0.2, 0.25) is 11.8 Å². The number of aromatic nitrogens is 2. The fraction of sp³-hybridized carbons (Fsp3) is 0.550. The van der Waals surface area contributed by atoms with Gasteiger partial charge in [-0.25, -0.2) is 4.98 Å². The molecule has 6 heteroatoms. The summed E-state index contributed by atoms with van der Waals surface area (Å²) in [6.07, 6.45) is 4.65. The minimum atomic E-state index is 0.110. The van der Waals surface area contributed by atoms with Gasteiger partial charge in [-0.1, -0.05) is 19.9 Å². The van der Waals surface area contributed by atoms with E-state index in [1.165, 1.54) is 0 Å². The number of fused-ring (bicyclic) bond motifs is 1. The molecule has 0 aliphatic carbocycles. The fourth-order valence-corrected chi connectivity index (χ4v) is 3.66. The molecule has 6 nitrogen and oxygen atoms in total. The highest BCUT2D eigenvalue weighted by Gasteiger charge is 2.25. The summed E-state index contributed by atoms with van der Waals surface area (Å²) in [6.45, 7) is 6.86. The molecular formula is C20H28N4O2. The summed E-state index contributed by atoms with van der Waals surface area (Å²) in [5.41, 5.74) is 2.85. The van der Waals surface area contributed by atoms with Crippen LogP contribution in [-0.2, 0) is 16.0 Å². The van der Waals surface area contributed by atoms with Crippen LogP contribution in [0.2, 0.25) is 0 Å². The van der Waals surface area contributed by atoms with Gasteiger partial charge >= 0.3 is 0 Å². The molecule has 1 aliphatic heterocycles. The monoisotopic (exact) mass is 356 g/mol. The second-order valence-corrected chi connectivity index (χ2v) is 7.00. The van der Waals surface area contributed by atoms with Crippen molar-refractivity contribution in [2.24, 2.45) is 5.92 Å². The second kappa shape index (κ2) is 8.34. The molecule has 1 aliphatic rings. The van der Waals surface area contributed by atoms with Crippen molar-refractivity contribution in [1.29, 1.82) is 0 Å². The van der Waals surface area contributed by atoms with E-state index in [9.17, 15) is 9.59 Å². The first-order chi connectivity index (χ1) is 12.6. The smallest absolute Gasteiger partial charge is 0.227 e. The van der Waals surface area contributed by atoms with Gasteiger partial charge in [-0.05, 0) is 37.0 Å². The number of amides is 2. The molecule has 0 saturated carbocycles. The molecule has 1 fully saturated rings. The molecular weight excluding hydrogens is 328 g/mol. The molecule has 1 N–H and O–H groups in total. The Kier molecular flexibility index (Phi) is 5.91. The zero-order valence-electron chi connectivity index (χ0n) is 15.7. The Balaban J connectivity index is 1.59. The van der Waals surface area contributed by atoms with Gasteiger partial charge in [0.15, 0.2) is 0 Å². The number of nitrogens with one attached hydrogen (secondary N) is 1. The number of hydrogen-bond donors (Lipinski definition) is 1. The Labute approximate surface area is 154 Å². The summed E-state index contributed by atoms with van der Waals surface area (Å²) in [6, 6.07) is 5.88. The molecule has 0 spiro atoms. The fourth-order valence-electron chi connectivity index (χ4n) is 3.66. The van der Waals surface area contributed by atoms with Crippen LogP contribution in [-0.4, -0.2) is 57.8 Å². The van der Waals surface area contributed by atoms with Crippen molar-refractivity contribution in [3.63, 3.8) is 0 Å². The third-order valence-electron chi connectivity index (χ3n) is 5.34. The maximum absolute atomic E-state index is 12.7. The van der Waals surface area contributed by atoms with Crippen molar-refractivity contribution < 1.29 is 9.59 Å². The molecule has 0 unspecified atom stereocenters. The van der Waals surface area contributed by atoms with Gasteiger partial charge in [-0.2, -0.15) is 0 Å². The summed E-state index contributed by atoms with van der Waals surface area (Å²) >= 11 is 0. The Morgan fingerprint density at radius 3 is 2.62 bits per heavy atom. The maximum atomic E-state index is 12.7. The van der Waals surface area contributed by atoms with Gasteiger partial charge in [0.05, 0.1) is 23.8 Å². The van der Waals surface area contributed by atoms with Crippen LogP contribution in [0.15, 0.2) is 24.5 Å². The number of hydrogen-bond acceptors (Lipinski definition) is 3. The van der Waals surface area contributed by atoms with Crippen molar-refractivity contribution in [1.82, 2.24) is 19.8 Å². The average molecular weight is 356 g/mol. The van der Waals surface area contributed by atoms with Crippen LogP contribution in [0.4, 0.5) is 0 Å². The number of H-pyrrole nitrogens is 1. The van der Waals surface area contributed by atoms with Crippen LogP contribution < -0.4 is 0 Å². The van der Waals surface area contributed by atoms with E-state index in [2.05, 4.69) is 23.8 Å². The maximum Gasteiger partial charge on any atom is 0.227 e. The Morgan fingerprint density at radius 2 is 1.85 bits per heavy atom. The Morgan fingerprint density at radius 1 is 1.12 bits per heavy atom. The highest BCUT2D eigenvalue weighted by atomic mass is 16.2. The van der Waals surface area contributed by atoms with Crippen molar-refractivity contribution >= 4 is 22.8 Å². The molecule has 1 aromatic carbocycles. The van der Waals surface area contributed by atoms with Gasteiger partial charge in [0.1, 0.15) is 0 Å². The van der Waals surface area contributed by atoms with E-state index in [4.69, 9.17) is 0 Å². The normalized spacial score (nSPS) is 15.5. The van der Waals surface area contributed by atoms with E-state index >= 15 is 0 Å². The van der Waals surface area contributed by atoms with Crippen molar-refractivity contribution in [3.05, 3.63) is 30.1 Å². The molecule has 0 radical (unpaired) electrons. The number of carbonyl (C=O) groups is 2. The van der Waals surface area contributed by atoms with E-state index in [1.54, 1.807) is 6.33 Å². The second-order valence-electron chi connectivity index (χ2n) is 7.00. The summed E-state index contributed by atoms with van der Waals surface area (Å²) in [5, 5.41) is 0. The minimum Gasteiger partial charge on any atom is -0.345 e. The van der Waals surface area contributed by atoms with Crippen LogP contribution in [0, 0.1) is 5.92 Å². The summed E-state index contributed by atoms with van der Waals surface area (Å²) < 4.78 is 0. The lowest BCUT2D eigenvalue weighted by atomic mass is 10.0. The van der Waals surface area contributed by atoms with Crippen molar-refractivity contribution in [3.8, 4) is 0 Å². The number of benzene rings is 1. The molecule has 140 valence electrons. The van der Waals surface area contributed by atoms with Crippen LogP contribution in [0.25, 0.3) is 11.0 Å². The lowest BCUT2D eigenvalue weighted by Gasteiger charge is -2.25. The highest BCUT2D eigenvalue weighted by molar-refractivity contribution is 5.82. The molecule has 26 heavy (non-hydrogen) atoms.